The SMILES string of the molecule is N#Cc1ccc(NC(=O)CCN(CCCCO)C2CC2)cc1. The minimum Gasteiger partial charge on any atom is -0.396 e. The van der Waals surface area contributed by atoms with Crippen molar-refractivity contribution in [2.45, 2.75) is 38.1 Å². The largest absolute Gasteiger partial charge is 0.396 e. The van der Waals surface area contributed by atoms with Crippen LogP contribution in [0.1, 0.15) is 37.7 Å². The fourth-order valence-corrected chi connectivity index (χ4v) is 2.44. The van der Waals surface area contributed by atoms with Crippen LogP contribution in [0, 0.1) is 11.3 Å². The number of carbonyl (C=O) groups is 1. The van der Waals surface area contributed by atoms with Gasteiger partial charge >= 0.3 is 0 Å². The molecule has 0 bridgehead atoms. The molecule has 2 rings (SSSR count). The molecule has 2 N–H and O–H groups in total. The smallest absolute Gasteiger partial charge is 0.225 e. The third-order valence-corrected chi connectivity index (χ3v) is 3.84. The summed E-state index contributed by atoms with van der Waals surface area (Å²) in [5, 5.41) is 20.5. The molecule has 5 heteroatoms. The average molecular weight is 301 g/mol. The van der Waals surface area contributed by atoms with Crippen LogP contribution in [0.5, 0.6) is 0 Å². The topological polar surface area (TPSA) is 76.4 Å². The number of nitriles is 1. The Kier molecular flexibility index (Phi) is 6.38. The molecule has 1 fully saturated rings. The maximum absolute atomic E-state index is 12.0. The number of anilines is 1. The van der Waals surface area contributed by atoms with Gasteiger partial charge < -0.3 is 10.4 Å². The molecule has 0 spiro atoms. The predicted molar refractivity (Wildman–Crippen MR) is 85.3 cm³/mol. The number of hydrogen-bond donors (Lipinski definition) is 2. The first-order valence-corrected chi connectivity index (χ1v) is 7.88. The summed E-state index contributed by atoms with van der Waals surface area (Å²) in [7, 11) is 0. The van der Waals surface area contributed by atoms with E-state index in [4.69, 9.17) is 10.4 Å². The average Bonchev–Trinajstić information content (AvgIpc) is 3.36. The zero-order chi connectivity index (χ0) is 15.8. The Morgan fingerprint density at radius 2 is 2.00 bits per heavy atom. The fourth-order valence-electron chi connectivity index (χ4n) is 2.44. The summed E-state index contributed by atoms with van der Waals surface area (Å²) in [6.45, 7) is 1.95. The second-order valence-electron chi connectivity index (χ2n) is 5.69. The monoisotopic (exact) mass is 301 g/mol. The summed E-state index contributed by atoms with van der Waals surface area (Å²) >= 11 is 0. The van der Waals surface area contributed by atoms with Gasteiger partial charge in [-0.1, -0.05) is 0 Å². The molecule has 5 nitrogen and oxygen atoms in total. The number of nitrogens with one attached hydrogen (secondary N) is 1. The molecule has 1 aromatic rings. The van der Waals surface area contributed by atoms with Gasteiger partial charge in [-0.15, -0.1) is 0 Å². The number of aliphatic hydroxyl groups excluding tert-OH is 1. The van der Waals surface area contributed by atoms with E-state index in [9.17, 15) is 4.79 Å². The van der Waals surface area contributed by atoms with E-state index in [-0.39, 0.29) is 12.5 Å². The number of unbranched alkanes of at least 4 members (excludes halogenated alkanes) is 1. The molecule has 1 aromatic carbocycles. The zero-order valence-corrected chi connectivity index (χ0v) is 12.8. The van der Waals surface area contributed by atoms with Crippen LogP contribution in [0.2, 0.25) is 0 Å². The van der Waals surface area contributed by atoms with Crippen LogP contribution in [-0.4, -0.2) is 41.7 Å². The van der Waals surface area contributed by atoms with Gasteiger partial charge in [-0.25, -0.2) is 0 Å². The van der Waals surface area contributed by atoms with Crippen molar-refractivity contribution in [2.75, 3.05) is 25.0 Å². The van der Waals surface area contributed by atoms with Gasteiger partial charge in [0.25, 0.3) is 0 Å². The highest BCUT2D eigenvalue weighted by atomic mass is 16.2. The maximum atomic E-state index is 12.0. The van der Waals surface area contributed by atoms with Crippen molar-refractivity contribution >= 4 is 11.6 Å². The van der Waals surface area contributed by atoms with Crippen molar-refractivity contribution in [3.05, 3.63) is 29.8 Å². The molecule has 0 aliphatic heterocycles. The highest BCUT2D eigenvalue weighted by molar-refractivity contribution is 5.90. The lowest BCUT2D eigenvalue weighted by Crippen LogP contribution is -2.31. The molecule has 0 atom stereocenters. The zero-order valence-electron chi connectivity index (χ0n) is 12.8. The van der Waals surface area contributed by atoms with E-state index in [1.165, 1.54) is 12.8 Å². The Morgan fingerprint density at radius 3 is 2.59 bits per heavy atom. The van der Waals surface area contributed by atoms with Gasteiger partial charge in [0.15, 0.2) is 0 Å². The van der Waals surface area contributed by atoms with Crippen LogP contribution < -0.4 is 5.32 Å². The molecule has 0 heterocycles. The highest BCUT2D eigenvalue weighted by Gasteiger charge is 2.28. The molecule has 1 aliphatic rings. The van der Waals surface area contributed by atoms with Crippen LogP contribution in [-0.2, 0) is 4.79 Å². The van der Waals surface area contributed by atoms with Gasteiger partial charge in [0.05, 0.1) is 11.6 Å². The van der Waals surface area contributed by atoms with Crippen LogP contribution in [0.25, 0.3) is 0 Å². The minimum absolute atomic E-state index is 0.00230. The van der Waals surface area contributed by atoms with Crippen molar-refractivity contribution in [1.82, 2.24) is 4.90 Å². The molecule has 22 heavy (non-hydrogen) atoms. The molecular weight excluding hydrogens is 278 g/mol. The number of aliphatic hydroxyl groups is 1. The van der Waals surface area contributed by atoms with Crippen molar-refractivity contribution in [1.29, 1.82) is 5.26 Å². The number of hydrogen-bond acceptors (Lipinski definition) is 4. The molecule has 0 radical (unpaired) electrons. The Balaban J connectivity index is 1.74. The summed E-state index contributed by atoms with van der Waals surface area (Å²) < 4.78 is 0. The Morgan fingerprint density at radius 1 is 1.27 bits per heavy atom. The third kappa shape index (κ3) is 5.47. The first-order valence-electron chi connectivity index (χ1n) is 7.88. The van der Waals surface area contributed by atoms with E-state index in [1.54, 1.807) is 24.3 Å². The lowest BCUT2D eigenvalue weighted by atomic mass is 10.2. The van der Waals surface area contributed by atoms with Gasteiger partial charge in [-0.3, -0.25) is 9.69 Å². The quantitative estimate of drug-likeness (QED) is 0.685. The van der Waals surface area contributed by atoms with E-state index in [0.717, 1.165) is 31.6 Å². The number of rotatable bonds is 9. The van der Waals surface area contributed by atoms with Gasteiger partial charge in [0.1, 0.15) is 0 Å². The van der Waals surface area contributed by atoms with E-state index in [1.807, 2.05) is 0 Å². The van der Waals surface area contributed by atoms with Crippen molar-refractivity contribution in [3.63, 3.8) is 0 Å². The molecule has 0 aromatic heterocycles. The first kappa shape index (κ1) is 16.5. The fraction of sp³-hybridized carbons (Fsp3) is 0.529. The van der Waals surface area contributed by atoms with Gasteiger partial charge in [-0.2, -0.15) is 5.26 Å². The predicted octanol–water partition coefficient (Wildman–Crippen LogP) is 2.12. The minimum atomic E-state index is -0.00230. The number of carbonyl (C=O) groups excluding carboxylic acids is 1. The second kappa shape index (κ2) is 8.52. The normalized spacial score (nSPS) is 13.9. The van der Waals surface area contributed by atoms with Crippen LogP contribution in [0.15, 0.2) is 24.3 Å². The van der Waals surface area contributed by atoms with E-state index >= 15 is 0 Å². The first-order chi connectivity index (χ1) is 10.7. The lowest BCUT2D eigenvalue weighted by molar-refractivity contribution is -0.116. The third-order valence-electron chi connectivity index (χ3n) is 3.84. The standard InChI is InChI=1S/C17H23N3O2/c18-13-14-3-5-15(6-4-14)19-17(22)9-11-20(16-7-8-16)10-1-2-12-21/h3-6,16,21H,1-2,7-12H2,(H,19,22). The lowest BCUT2D eigenvalue weighted by Gasteiger charge is -2.21. The number of nitrogens with zero attached hydrogens (tertiary/aromatic N) is 2. The van der Waals surface area contributed by atoms with Crippen LogP contribution in [0.4, 0.5) is 5.69 Å². The number of benzene rings is 1. The second-order valence-corrected chi connectivity index (χ2v) is 5.69. The summed E-state index contributed by atoms with van der Waals surface area (Å²) in [6, 6.07) is 9.56. The summed E-state index contributed by atoms with van der Waals surface area (Å²) in [5.74, 6) is -0.00230. The summed E-state index contributed by atoms with van der Waals surface area (Å²) in [5.41, 5.74) is 1.31. The molecule has 0 saturated heterocycles. The molecule has 118 valence electrons. The van der Waals surface area contributed by atoms with Gasteiger partial charge in [0.2, 0.25) is 5.91 Å². The highest BCUT2D eigenvalue weighted by Crippen LogP contribution is 2.27. The molecular formula is C17H23N3O2. The van der Waals surface area contributed by atoms with Crippen LogP contribution >= 0.6 is 0 Å². The summed E-state index contributed by atoms with van der Waals surface area (Å²) in [6.07, 6.45) is 4.70. The van der Waals surface area contributed by atoms with E-state index in [0.29, 0.717) is 18.0 Å². The summed E-state index contributed by atoms with van der Waals surface area (Å²) in [4.78, 5) is 14.4. The number of amides is 1. The van der Waals surface area contributed by atoms with Crippen molar-refractivity contribution < 1.29 is 9.90 Å². The van der Waals surface area contributed by atoms with Gasteiger partial charge in [-0.05, 0) is 56.5 Å². The molecule has 1 saturated carbocycles. The maximum Gasteiger partial charge on any atom is 0.225 e. The Hall–Kier alpha value is -1.90. The van der Waals surface area contributed by atoms with Crippen molar-refractivity contribution in [3.8, 4) is 6.07 Å². The molecule has 0 unspecified atom stereocenters. The Bertz CT molecular complexity index is 518. The van der Waals surface area contributed by atoms with Crippen LogP contribution in [0.3, 0.4) is 0 Å². The van der Waals surface area contributed by atoms with Gasteiger partial charge in [0, 0.05) is 31.3 Å². The van der Waals surface area contributed by atoms with E-state index < -0.39 is 0 Å². The van der Waals surface area contributed by atoms with E-state index in [2.05, 4.69) is 16.3 Å². The molecule has 1 aliphatic carbocycles. The van der Waals surface area contributed by atoms with Crippen molar-refractivity contribution in [2.24, 2.45) is 0 Å². The molecule has 1 amide bonds. The Labute approximate surface area is 131 Å².